The Morgan fingerprint density at radius 1 is 1.12 bits per heavy atom. The summed E-state index contributed by atoms with van der Waals surface area (Å²) in [5.41, 5.74) is 4.76. The summed E-state index contributed by atoms with van der Waals surface area (Å²) in [7, 11) is 3.92. The number of carbonyl (C=O) groups excluding carboxylic acids is 1. The Bertz CT molecular complexity index is 812. The van der Waals surface area contributed by atoms with Gasteiger partial charge in [-0.05, 0) is 49.2 Å². The smallest absolute Gasteiger partial charge is 0.266 e. The van der Waals surface area contributed by atoms with E-state index in [-0.39, 0.29) is 5.57 Å². The number of rotatable bonds is 4. The van der Waals surface area contributed by atoms with E-state index in [0.717, 1.165) is 28.1 Å². The number of hydrogen-bond donors (Lipinski definition) is 1. The van der Waals surface area contributed by atoms with Gasteiger partial charge < -0.3 is 10.2 Å². The molecule has 24 heavy (non-hydrogen) atoms. The zero-order chi connectivity index (χ0) is 17.7. The van der Waals surface area contributed by atoms with Crippen LogP contribution in [-0.4, -0.2) is 20.0 Å². The van der Waals surface area contributed by atoms with Crippen LogP contribution in [0.2, 0.25) is 0 Å². The Labute approximate surface area is 143 Å². The Kier molecular flexibility index (Phi) is 5.39. The number of nitrogens with zero attached hydrogens (tertiary/aromatic N) is 2. The molecule has 0 aliphatic heterocycles. The highest BCUT2D eigenvalue weighted by atomic mass is 16.1. The molecule has 122 valence electrons. The van der Waals surface area contributed by atoms with Gasteiger partial charge in [0, 0.05) is 25.5 Å². The summed E-state index contributed by atoms with van der Waals surface area (Å²) in [4.78, 5) is 14.3. The van der Waals surface area contributed by atoms with Crippen molar-refractivity contribution in [3.8, 4) is 6.07 Å². The molecule has 2 rings (SSSR count). The van der Waals surface area contributed by atoms with Gasteiger partial charge in [0.1, 0.15) is 11.6 Å². The standard InChI is InChI=1S/C20H21N3O/c1-14-5-10-19(15(2)11-14)22-20(24)17(13-21)12-16-6-8-18(9-7-16)23(3)4/h5-12H,1-4H3,(H,22,24)/b17-12-. The summed E-state index contributed by atoms with van der Waals surface area (Å²) in [6, 6.07) is 15.4. The molecule has 0 bridgehead atoms. The maximum absolute atomic E-state index is 12.4. The first-order valence-electron chi connectivity index (χ1n) is 7.68. The fourth-order valence-corrected chi connectivity index (χ4v) is 2.33. The summed E-state index contributed by atoms with van der Waals surface area (Å²) in [6.45, 7) is 3.93. The van der Waals surface area contributed by atoms with Crippen molar-refractivity contribution in [2.24, 2.45) is 0 Å². The SMILES string of the molecule is Cc1ccc(NC(=O)/C(C#N)=C\c2ccc(N(C)C)cc2)c(C)c1. The van der Waals surface area contributed by atoms with Crippen molar-refractivity contribution in [1.82, 2.24) is 0 Å². The third kappa shape index (κ3) is 4.23. The molecule has 0 atom stereocenters. The van der Waals surface area contributed by atoms with Gasteiger partial charge in [-0.15, -0.1) is 0 Å². The molecular formula is C20H21N3O. The molecule has 2 aromatic rings. The van der Waals surface area contributed by atoms with E-state index in [9.17, 15) is 10.1 Å². The van der Waals surface area contributed by atoms with Crippen molar-refractivity contribution in [3.63, 3.8) is 0 Å². The molecular weight excluding hydrogens is 298 g/mol. The molecule has 0 aliphatic carbocycles. The average molecular weight is 319 g/mol. The van der Waals surface area contributed by atoms with Gasteiger partial charge in [-0.3, -0.25) is 4.79 Å². The average Bonchev–Trinajstić information content (AvgIpc) is 2.55. The second-order valence-electron chi connectivity index (χ2n) is 5.93. The van der Waals surface area contributed by atoms with Gasteiger partial charge in [0.05, 0.1) is 0 Å². The predicted octanol–water partition coefficient (Wildman–Crippen LogP) is 3.92. The van der Waals surface area contributed by atoms with Gasteiger partial charge in [0.15, 0.2) is 0 Å². The molecule has 0 heterocycles. The third-order valence-corrected chi connectivity index (χ3v) is 3.72. The first kappa shape index (κ1) is 17.3. The number of nitrogens with one attached hydrogen (secondary N) is 1. The highest BCUT2D eigenvalue weighted by molar-refractivity contribution is 6.10. The zero-order valence-electron chi connectivity index (χ0n) is 14.4. The summed E-state index contributed by atoms with van der Waals surface area (Å²) >= 11 is 0. The lowest BCUT2D eigenvalue weighted by Crippen LogP contribution is -2.14. The van der Waals surface area contributed by atoms with E-state index < -0.39 is 5.91 Å². The second kappa shape index (κ2) is 7.47. The van der Waals surface area contributed by atoms with Gasteiger partial charge in [-0.2, -0.15) is 5.26 Å². The third-order valence-electron chi connectivity index (χ3n) is 3.72. The molecule has 0 aromatic heterocycles. The molecule has 0 unspecified atom stereocenters. The van der Waals surface area contributed by atoms with Gasteiger partial charge in [0.2, 0.25) is 0 Å². The van der Waals surface area contributed by atoms with E-state index >= 15 is 0 Å². The lowest BCUT2D eigenvalue weighted by atomic mass is 10.1. The molecule has 4 heteroatoms. The normalized spacial score (nSPS) is 10.9. The highest BCUT2D eigenvalue weighted by Crippen LogP contribution is 2.18. The Hall–Kier alpha value is -3.06. The minimum Gasteiger partial charge on any atom is -0.378 e. The van der Waals surface area contributed by atoms with Crippen molar-refractivity contribution >= 4 is 23.4 Å². The fraction of sp³-hybridized carbons (Fsp3) is 0.200. The number of amides is 1. The maximum atomic E-state index is 12.4. The minimum absolute atomic E-state index is 0.0765. The fourth-order valence-electron chi connectivity index (χ4n) is 2.33. The number of carbonyl (C=O) groups is 1. The van der Waals surface area contributed by atoms with Gasteiger partial charge in [-0.25, -0.2) is 0 Å². The summed E-state index contributed by atoms with van der Waals surface area (Å²) in [5, 5.41) is 12.1. The van der Waals surface area contributed by atoms with Gasteiger partial charge in [0.25, 0.3) is 5.91 Å². The van der Waals surface area contributed by atoms with Crippen molar-refractivity contribution in [2.75, 3.05) is 24.3 Å². The first-order chi connectivity index (χ1) is 11.4. The quantitative estimate of drug-likeness (QED) is 0.686. The van der Waals surface area contributed by atoms with Gasteiger partial charge in [-0.1, -0.05) is 29.8 Å². The molecule has 0 aliphatic rings. The number of benzene rings is 2. The van der Waals surface area contributed by atoms with E-state index in [1.807, 2.05) is 81.4 Å². The van der Waals surface area contributed by atoms with Crippen molar-refractivity contribution in [3.05, 3.63) is 64.7 Å². The number of nitriles is 1. The van der Waals surface area contributed by atoms with E-state index in [0.29, 0.717) is 0 Å². The molecule has 2 aromatic carbocycles. The number of hydrogen-bond acceptors (Lipinski definition) is 3. The summed E-state index contributed by atoms with van der Waals surface area (Å²) in [6.07, 6.45) is 1.60. The van der Waals surface area contributed by atoms with Crippen molar-refractivity contribution in [2.45, 2.75) is 13.8 Å². The van der Waals surface area contributed by atoms with Crippen LogP contribution < -0.4 is 10.2 Å². The highest BCUT2D eigenvalue weighted by Gasteiger charge is 2.11. The van der Waals surface area contributed by atoms with Crippen molar-refractivity contribution < 1.29 is 4.79 Å². The predicted molar refractivity (Wildman–Crippen MR) is 98.9 cm³/mol. The van der Waals surface area contributed by atoms with E-state index in [1.165, 1.54) is 0 Å². The molecule has 0 spiro atoms. The molecule has 0 fully saturated rings. The van der Waals surface area contributed by atoms with Crippen LogP contribution in [0.1, 0.15) is 16.7 Å². The topological polar surface area (TPSA) is 56.1 Å². The van der Waals surface area contributed by atoms with E-state index in [2.05, 4.69) is 5.32 Å². The number of anilines is 2. The molecule has 4 nitrogen and oxygen atoms in total. The minimum atomic E-state index is -0.402. The van der Waals surface area contributed by atoms with Crippen LogP contribution in [-0.2, 0) is 4.79 Å². The second-order valence-corrected chi connectivity index (χ2v) is 5.93. The summed E-state index contributed by atoms with van der Waals surface area (Å²) < 4.78 is 0. The van der Waals surface area contributed by atoms with E-state index in [1.54, 1.807) is 6.08 Å². The maximum Gasteiger partial charge on any atom is 0.266 e. The summed E-state index contributed by atoms with van der Waals surface area (Å²) in [5.74, 6) is -0.402. The Balaban J connectivity index is 2.20. The molecule has 0 saturated carbocycles. The van der Waals surface area contributed by atoms with Crippen LogP contribution in [0.3, 0.4) is 0 Å². The molecule has 0 saturated heterocycles. The van der Waals surface area contributed by atoms with Crippen LogP contribution in [0.15, 0.2) is 48.0 Å². The first-order valence-corrected chi connectivity index (χ1v) is 7.68. The van der Waals surface area contributed by atoms with Crippen LogP contribution >= 0.6 is 0 Å². The van der Waals surface area contributed by atoms with Crippen molar-refractivity contribution in [1.29, 1.82) is 5.26 Å². The molecule has 1 amide bonds. The lowest BCUT2D eigenvalue weighted by Gasteiger charge is -2.12. The largest absolute Gasteiger partial charge is 0.378 e. The van der Waals surface area contributed by atoms with Crippen LogP contribution in [0.25, 0.3) is 6.08 Å². The Morgan fingerprint density at radius 3 is 2.33 bits per heavy atom. The molecule has 0 radical (unpaired) electrons. The Morgan fingerprint density at radius 2 is 1.79 bits per heavy atom. The van der Waals surface area contributed by atoms with Crippen LogP contribution in [0.5, 0.6) is 0 Å². The van der Waals surface area contributed by atoms with Gasteiger partial charge >= 0.3 is 0 Å². The zero-order valence-corrected chi connectivity index (χ0v) is 14.4. The lowest BCUT2D eigenvalue weighted by molar-refractivity contribution is -0.112. The van der Waals surface area contributed by atoms with Crippen LogP contribution in [0.4, 0.5) is 11.4 Å². The van der Waals surface area contributed by atoms with E-state index in [4.69, 9.17) is 0 Å². The van der Waals surface area contributed by atoms with Crippen LogP contribution in [0, 0.1) is 25.2 Å². The monoisotopic (exact) mass is 319 g/mol. The number of aryl methyl sites for hydroxylation is 2. The molecule has 1 N–H and O–H groups in total.